The maximum atomic E-state index is 11.2. The van der Waals surface area contributed by atoms with E-state index in [1.54, 1.807) is 29.5 Å². The zero-order valence-electron chi connectivity index (χ0n) is 14.6. The average molecular weight is 375 g/mol. The standard InChI is InChI=1S/C21H17N3O2S/c1-2-16-12-17-19(22-15-10-6-9-14(11-15)21(25)26)23-18(24-20(17)27-16)13-7-4-3-5-8-13/h3-12H,2H2,1H3,(H,25,26)(H,22,23,24). The van der Waals surface area contributed by atoms with Crippen LogP contribution in [0.4, 0.5) is 11.5 Å². The lowest BCUT2D eigenvalue weighted by atomic mass is 10.2. The van der Waals surface area contributed by atoms with E-state index in [1.165, 1.54) is 4.88 Å². The van der Waals surface area contributed by atoms with Gasteiger partial charge in [-0.2, -0.15) is 0 Å². The van der Waals surface area contributed by atoms with Gasteiger partial charge in [0.05, 0.1) is 10.9 Å². The van der Waals surface area contributed by atoms with Crippen molar-refractivity contribution >= 4 is 39.0 Å². The van der Waals surface area contributed by atoms with E-state index in [-0.39, 0.29) is 5.56 Å². The quantitative estimate of drug-likeness (QED) is 0.491. The van der Waals surface area contributed by atoms with Gasteiger partial charge in [-0.3, -0.25) is 0 Å². The number of nitrogens with one attached hydrogen (secondary N) is 1. The highest BCUT2D eigenvalue weighted by atomic mass is 32.1. The second-order valence-corrected chi connectivity index (χ2v) is 7.17. The maximum absolute atomic E-state index is 11.2. The Bertz CT molecular complexity index is 1120. The summed E-state index contributed by atoms with van der Waals surface area (Å²) >= 11 is 1.65. The topological polar surface area (TPSA) is 75.1 Å². The number of carboxylic acid groups (broad SMARTS) is 1. The molecule has 6 heteroatoms. The van der Waals surface area contributed by atoms with Crippen LogP contribution in [0.3, 0.4) is 0 Å². The number of aromatic nitrogens is 2. The van der Waals surface area contributed by atoms with Crippen molar-refractivity contribution in [2.75, 3.05) is 5.32 Å². The third kappa shape index (κ3) is 3.52. The van der Waals surface area contributed by atoms with Crippen LogP contribution in [0.2, 0.25) is 0 Å². The van der Waals surface area contributed by atoms with E-state index in [0.717, 1.165) is 22.2 Å². The molecule has 0 aliphatic rings. The number of benzene rings is 2. The average Bonchev–Trinajstić information content (AvgIpc) is 3.12. The molecule has 4 rings (SSSR count). The SMILES string of the molecule is CCc1cc2c(Nc3cccc(C(=O)O)c3)nc(-c3ccccc3)nc2s1. The number of hydrogen-bond acceptors (Lipinski definition) is 5. The zero-order valence-corrected chi connectivity index (χ0v) is 15.5. The van der Waals surface area contributed by atoms with E-state index in [4.69, 9.17) is 9.97 Å². The summed E-state index contributed by atoms with van der Waals surface area (Å²) in [4.78, 5) is 22.9. The first kappa shape index (κ1) is 17.2. The maximum Gasteiger partial charge on any atom is 0.335 e. The van der Waals surface area contributed by atoms with Gasteiger partial charge in [-0.15, -0.1) is 11.3 Å². The van der Waals surface area contributed by atoms with E-state index in [2.05, 4.69) is 18.3 Å². The Balaban J connectivity index is 1.84. The molecule has 0 fully saturated rings. The van der Waals surface area contributed by atoms with E-state index in [9.17, 15) is 9.90 Å². The predicted molar refractivity (Wildman–Crippen MR) is 109 cm³/mol. The van der Waals surface area contributed by atoms with Gasteiger partial charge in [0, 0.05) is 16.1 Å². The van der Waals surface area contributed by atoms with Gasteiger partial charge in [0.1, 0.15) is 10.6 Å². The van der Waals surface area contributed by atoms with Crippen molar-refractivity contribution in [2.45, 2.75) is 13.3 Å². The normalized spacial score (nSPS) is 10.9. The van der Waals surface area contributed by atoms with Crippen molar-refractivity contribution in [3.8, 4) is 11.4 Å². The minimum absolute atomic E-state index is 0.230. The van der Waals surface area contributed by atoms with Crippen molar-refractivity contribution in [3.05, 3.63) is 71.1 Å². The zero-order chi connectivity index (χ0) is 18.8. The Labute approximate surface area is 160 Å². The number of thiophene rings is 1. The molecule has 2 heterocycles. The fraction of sp³-hybridized carbons (Fsp3) is 0.0952. The molecule has 2 aromatic heterocycles. The summed E-state index contributed by atoms with van der Waals surface area (Å²) in [6.45, 7) is 2.11. The molecule has 0 aliphatic heterocycles. The fourth-order valence-electron chi connectivity index (χ4n) is 2.82. The van der Waals surface area contributed by atoms with Crippen LogP contribution >= 0.6 is 11.3 Å². The van der Waals surface area contributed by atoms with E-state index < -0.39 is 5.97 Å². The van der Waals surface area contributed by atoms with E-state index in [1.807, 2.05) is 36.4 Å². The predicted octanol–water partition coefficient (Wildman–Crippen LogP) is 5.36. The number of anilines is 2. The first-order valence-electron chi connectivity index (χ1n) is 8.60. The molecule has 0 aliphatic carbocycles. The largest absolute Gasteiger partial charge is 0.478 e. The molecule has 4 aromatic rings. The number of carboxylic acids is 1. The van der Waals surface area contributed by atoms with Gasteiger partial charge >= 0.3 is 5.97 Å². The first-order chi connectivity index (χ1) is 13.1. The van der Waals surface area contributed by atoms with Gasteiger partial charge in [-0.05, 0) is 30.7 Å². The van der Waals surface area contributed by atoms with Gasteiger partial charge in [-0.1, -0.05) is 43.3 Å². The second kappa shape index (κ2) is 7.17. The third-order valence-corrected chi connectivity index (χ3v) is 5.37. The summed E-state index contributed by atoms with van der Waals surface area (Å²) in [6, 6.07) is 18.6. The van der Waals surface area contributed by atoms with E-state index in [0.29, 0.717) is 17.3 Å². The van der Waals surface area contributed by atoms with Gasteiger partial charge < -0.3 is 10.4 Å². The molecule has 2 aromatic carbocycles. The van der Waals surface area contributed by atoms with Crippen LogP contribution in [0.15, 0.2) is 60.7 Å². The second-order valence-electron chi connectivity index (χ2n) is 6.06. The molecule has 0 bridgehead atoms. The van der Waals surface area contributed by atoms with Crippen LogP contribution in [0.1, 0.15) is 22.2 Å². The lowest BCUT2D eigenvalue weighted by Gasteiger charge is -2.09. The third-order valence-electron chi connectivity index (χ3n) is 4.20. The highest BCUT2D eigenvalue weighted by Crippen LogP contribution is 2.33. The lowest BCUT2D eigenvalue weighted by Crippen LogP contribution is -2.00. The van der Waals surface area contributed by atoms with Crippen LogP contribution in [0.25, 0.3) is 21.6 Å². The Morgan fingerprint density at radius 3 is 2.63 bits per heavy atom. The molecule has 134 valence electrons. The van der Waals surface area contributed by atoms with Gasteiger partial charge in [0.2, 0.25) is 0 Å². The Kier molecular flexibility index (Phi) is 4.56. The summed E-state index contributed by atoms with van der Waals surface area (Å²) < 4.78 is 0. The van der Waals surface area contributed by atoms with Crippen LogP contribution in [0, 0.1) is 0 Å². The molecule has 0 atom stereocenters. The molecule has 5 nitrogen and oxygen atoms in total. The summed E-state index contributed by atoms with van der Waals surface area (Å²) in [5.74, 6) is 0.363. The van der Waals surface area contributed by atoms with Crippen molar-refractivity contribution in [2.24, 2.45) is 0 Å². The van der Waals surface area contributed by atoms with E-state index >= 15 is 0 Å². The molecule has 2 N–H and O–H groups in total. The number of aromatic carboxylic acids is 1. The van der Waals surface area contributed by atoms with Crippen molar-refractivity contribution < 1.29 is 9.90 Å². The fourth-order valence-corrected chi connectivity index (χ4v) is 3.79. The van der Waals surface area contributed by atoms with Crippen molar-refractivity contribution in [1.82, 2.24) is 9.97 Å². The first-order valence-corrected chi connectivity index (χ1v) is 9.42. The number of rotatable bonds is 5. The Hall–Kier alpha value is -3.25. The summed E-state index contributed by atoms with van der Waals surface area (Å²) in [5.41, 5.74) is 1.85. The lowest BCUT2D eigenvalue weighted by molar-refractivity contribution is 0.0697. The Morgan fingerprint density at radius 1 is 1.07 bits per heavy atom. The van der Waals surface area contributed by atoms with Crippen molar-refractivity contribution in [3.63, 3.8) is 0 Å². The minimum atomic E-state index is -0.958. The Morgan fingerprint density at radius 2 is 1.89 bits per heavy atom. The molecular formula is C21H17N3O2S. The summed E-state index contributed by atoms with van der Waals surface area (Å²) in [6.07, 6.45) is 0.926. The highest BCUT2D eigenvalue weighted by Gasteiger charge is 2.13. The molecular weight excluding hydrogens is 358 g/mol. The molecule has 0 unspecified atom stereocenters. The molecule has 0 saturated carbocycles. The molecule has 0 saturated heterocycles. The molecule has 27 heavy (non-hydrogen) atoms. The number of aryl methyl sites for hydroxylation is 1. The highest BCUT2D eigenvalue weighted by molar-refractivity contribution is 7.18. The van der Waals surface area contributed by atoms with Crippen LogP contribution < -0.4 is 5.32 Å². The number of fused-ring (bicyclic) bond motifs is 1. The van der Waals surface area contributed by atoms with Crippen LogP contribution in [-0.2, 0) is 6.42 Å². The summed E-state index contributed by atoms with van der Waals surface area (Å²) in [5, 5.41) is 13.4. The number of nitrogens with zero attached hydrogens (tertiary/aromatic N) is 2. The smallest absolute Gasteiger partial charge is 0.335 e. The van der Waals surface area contributed by atoms with Crippen molar-refractivity contribution in [1.29, 1.82) is 0 Å². The summed E-state index contributed by atoms with van der Waals surface area (Å²) in [7, 11) is 0. The van der Waals surface area contributed by atoms with Crippen LogP contribution in [-0.4, -0.2) is 21.0 Å². The minimum Gasteiger partial charge on any atom is -0.478 e. The molecule has 0 spiro atoms. The molecule has 0 amide bonds. The number of carbonyl (C=O) groups is 1. The number of hydrogen-bond donors (Lipinski definition) is 2. The molecule has 0 radical (unpaired) electrons. The monoisotopic (exact) mass is 375 g/mol. The van der Waals surface area contributed by atoms with Gasteiger partial charge in [-0.25, -0.2) is 14.8 Å². The van der Waals surface area contributed by atoms with Gasteiger partial charge in [0.15, 0.2) is 5.82 Å². The van der Waals surface area contributed by atoms with Gasteiger partial charge in [0.25, 0.3) is 0 Å². The van der Waals surface area contributed by atoms with Crippen LogP contribution in [0.5, 0.6) is 0 Å².